The molecule has 2 aliphatic rings. The highest BCUT2D eigenvalue weighted by Crippen LogP contribution is 2.29. The largest absolute Gasteiger partial charge is 0.355 e. The Labute approximate surface area is 168 Å². The van der Waals surface area contributed by atoms with Crippen LogP contribution >= 0.6 is 0 Å². The van der Waals surface area contributed by atoms with Crippen molar-refractivity contribution < 1.29 is 4.79 Å². The quantitative estimate of drug-likeness (QED) is 0.606. The lowest BCUT2D eigenvalue weighted by atomic mass is 10.1. The molecule has 2 saturated heterocycles. The Morgan fingerprint density at radius 1 is 1.17 bits per heavy atom. The van der Waals surface area contributed by atoms with Crippen LogP contribution in [-0.2, 0) is 4.79 Å². The van der Waals surface area contributed by atoms with Gasteiger partial charge in [-0.25, -0.2) is 9.97 Å². The van der Waals surface area contributed by atoms with Crippen molar-refractivity contribution in [3.05, 3.63) is 30.5 Å². The number of piperazine rings is 1. The molecule has 0 bridgehead atoms. The summed E-state index contributed by atoms with van der Waals surface area (Å²) < 4.78 is 0. The van der Waals surface area contributed by atoms with Gasteiger partial charge in [-0.2, -0.15) is 5.10 Å². The van der Waals surface area contributed by atoms with Crippen LogP contribution in [0.15, 0.2) is 30.5 Å². The number of H-pyrrole nitrogens is 1. The number of carbonyl (C=O) groups excluding carboxylic acids is 1. The zero-order chi connectivity index (χ0) is 19.8. The molecule has 2 fully saturated rings. The highest BCUT2D eigenvalue weighted by molar-refractivity contribution is 5.93. The Balaban J connectivity index is 1.49. The summed E-state index contributed by atoms with van der Waals surface area (Å²) in [5.74, 6) is 1.71. The Morgan fingerprint density at radius 2 is 2.10 bits per heavy atom. The van der Waals surface area contributed by atoms with Crippen LogP contribution in [0.1, 0.15) is 12.8 Å². The number of nitrogens with two attached hydrogens (primary N) is 1. The number of anilines is 2. The number of amides is 1. The highest BCUT2D eigenvalue weighted by atomic mass is 16.2. The fraction of sp³-hybridized carbons (Fsp3) is 0.400. The van der Waals surface area contributed by atoms with Gasteiger partial charge >= 0.3 is 0 Å². The van der Waals surface area contributed by atoms with Gasteiger partial charge in [-0.15, -0.1) is 0 Å². The van der Waals surface area contributed by atoms with Gasteiger partial charge in [0.1, 0.15) is 17.3 Å². The number of piperidine rings is 1. The summed E-state index contributed by atoms with van der Waals surface area (Å²) in [4.78, 5) is 25.3. The molecule has 9 heteroatoms. The number of hydrogen-bond acceptors (Lipinski definition) is 7. The van der Waals surface area contributed by atoms with E-state index in [9.17, 15) is 4.79 Å². The van der Waals surface area contributed by atoms with E-state index in [0.29, 0.717) is 13.1 Å². The minimum absolute atomic E-state index is 0.0136. The van der Waals surface area contributed by atoms with E-state index in [-0.39, 0.29) is 11.9 Å². The number of nitrogens with one attached hydrogen (secondary N) is 2. The molecule has 0 saturated carbocycles. The van der Waals surface area contributed by atoms with Gasteiger partial charge < -0.3 is 20.9 Å². The summed E-state index contributed by atoms with van der Waals surface area (Å²) in [7, 11) is 0. The van der Waals surface area contributed by atoms with E-state index in [1.165, 1.54) is 0 Å². The van der Waals surface area contributed by atoms with Crippen LogP contribution in [0.4, 0.5) is 11.6 Å². The predicted molar refractivity (Wildman–Crippen MR) is 112 cm³/mol. The Morgan fingerprint density at radius 3 is 2.97 bits per heavy atom. The molecule has 3 aromatic rings. The molecule has 4 N–H and O–H groups in total. The van der Waals surface area contributed by atoms with E-state index in [2.05, 4.69) is 25.4 Å². The van der Waals surface area contributed by atoms with E-state index in [4.69, 9.17) is 10.7 Å². The van der Waals surface area contributed by atoms with Gasteiger partial charge in [0.15, 0.2) is 0 Å². The van der Waals surface area contributed by atoms with Crippen molar-refractivity contribution in [1.29, 1.82) is 0 Å². The second kappa shape index (κ2) is 7.32. The van der Waals surface area contributed by atoms with Crippen molar-refractivity contribution in [2.45, 2.75) is 18.9 Å². The maximum Gasteiger partial charge on any atom is 0.239 e. The van der Waals surface area contributed by atoms with E-state index in [0.717, 1.165) is 66.4 Å². The lowest BCUT2D eigenvalue weighted by molar-refractivity contribution is -0.120. The minimum atomic E-state index is 0.0136. The summed E-state index contributed by atoms with van der Waals surface area (Å²) in [5, 5.41) is 11.3. The Bertz CT molecular complexity index is 1050. The Kier molecular flexibility index (Phi) is 4.51. The lowest BCUT2D eigenvalue weighted by Crippen LogP contribution is -2.48. The minimum Gasteiger partial charge on any atom is -0.355 e. The van der Waals surface area contributed by atoms with Gasteiger partial charge in [-0.3, -0.25) is 9.89 Å². The third-order valence-electron chi connectivity index (χ3n) is 5.55. The predicted octanol–water partition coefficient (Wildman–Crippen LogP) is 0.884. The van der Waals surface area contributed by atoms with E-state index < -0.39 is 0 Å². The van der Waals surface area contributed by atoms with E-state index in [1.54, 1.807) is 6.20 Å². The summed E-state index contributed by atoms with van der Waals surface area (Å²) in [6.45, 7) is 3.47. The van der Waals surface area contributed by atoms with Crippen LogP contribution in [0.5, 0.6) is 0 Å². The van der Waals surface area contributed by atoms with Crippen LogP contribution < -0.4 is 20.9 Å². The van der Waals surface area contributed by atoms with Crippen molar-refractivity contribution in [2.24, 2.45) is 5.73 Å². The molecule has 3 aromatic heterocycles. The van der Waals surface area contributed by atoms with Crippen LogP contribution in [-0.4, -0.2) is 64.8 Å². The first kappa shape index (κ1) is 17.9. The van der Waals surface area contributed by atoms with Crippen molar-refractivity contribution in [3.8, 4) is 11.4 Å². The van der Waals surface area contributed by atoms with Crippen molar-refractivity contribution in [3.63, 3.8) is 0 Å². The molecular weight excluding hydrogens is 368 g/mol. The molecule has 1 amide bonds. The number of fused-ring (bicyclic) bond motifs is 1. The lowest BCUT2D eigenvalue weighted by Gasteiger charge is -2.31. The monoisotopic (exact) mass is 392 g/mol. The fourth-order valence-electron chi connectivity index (χ4n) is 4.06. The Hall–Kier alpha value is -3.20. The molecule has 0 spiro atoms. The molecule has 5 rings (SSSR count). The molecule has 150 valence electrons. The van der Waals surface area contributed by atoms with Crippen LogP contribution in [0.3, 0.4) is 0 Å². The third kappa shape index (κ3) is 3.49. The van der Waals surface area contributed by atoms with Gasteiger partial charge in [0.2, 0.25) is 5.91 Å². The molecular formula is C20H24N8O. The zero-order valence-electron chi connectivity index (χ0n) is 16.1. The van der Waals surface area contributed by atoms with Gasteiger partial charge in [0, 0.05) is 37.6 Å². The first-order chi connectivity index (χ1) is 14.2. The molecule has 0 aromatic carbocycles. The van der Waals surface area contributed by atoms with Gasteiger partial charge in [-0.05, 0) is 31.0 Å². The zero-order valence-corrected chi connectivity index (χ0v) is 16.1. The third-order valence-corrected chi connectivity index (χ3v) is 5.55. The molecule has 29 heavy (non-hydrogen) atoms. The van der Waals surface area contributed by atoms with Gasteiger partial charge in [0.05, 0.1) is 24.0 Å². The van der Waals surface area contributed by atoms with Crippen LogP contribution in [0, 0.1) is 0 Å². The van der Waals surface area contributed by atoms with E-state index in [1.807, 2.05) is 29.2 Å². The molecule has 2 aliphatic heterocycles. The fourth-order valence-corrected chi connectivity index (χ4v) is 4.06. The molecule has 5 heterocycles. The second-order valence-corrected chi connectivity index (χ2v) is 7.66. The summed E-state index contributed by atoms with van der Waals surface area (Å²) in [6, 6.07) is 8.18. The smallest absolute Gasteiger partial charge is 0.239 e. The number of rotatable bonds is 3. The number of pyridine rings is 2. The van der Waals surface area contributed by atoms with Crippen molar-refractivity contribution >= 4 is 28.4 Å². The number of aromatic amines is 1. The SMILES string of the molecule is N[C@H]1CCCN(c2cccc(-c3n[nH]c4cnc(N5CCNC(=O)C5)cc34)n2)C1. The first-order valence-corrected chi connectivity index (χ1v) is 10.0. The molecule has 1 atom stereocenters. The molecule has 9 nitrogen and oxygen atoms in total. The summed E-state index contributed by atoms with van der Waals surface area (Å²) in [6.07, 6.45) is 3.91. The van der Waals surface area contributed by atoms with Crippen molar-refractivity contribution in [2.75, 3.05) is 42.5 Å². The molecule has 0 radical (unpaired) electrons. The first-order valence-electron chi connectivity index (χ1n) is 10.0. The number of aromatic nitrogens is 4. The highest BCUT2D eigenvalue weighted by Gasteiger charge is 2.21. The maximum absolute atomic E-state index is 11.7. The molecule has 0 unspecified atom stereocenters. The van der Waals surface area contributed by atoms with Gasteiger partial charge in [-0.1, -0.05) is 6.07 Å². The maximum atomic E-state index is 11.7. The van der Waals surface area contributed by atoms with Crippen LogP contribution in [0.2, 0.25) is 0 Å². The molecule has 0 aliphatic carbocycles. The number of nitrogens with zero attached hydrogens (tertiary/aromatic N) is 5. The van der Waals surface area contributed by atoms with E-state index >= 15 is 0 Å². The van der Waals surface area contributed by atoms with Gasteiger partial charge in [0.25, 0.3) is 0 Å². The normalized spacial score (nSPS) is 20.2. The van der Waals surface area contributed by atoms with Crippen molar-refractivity contribution in [1.82, 2.24) is 25.5 Å². The number of carbonyl (C=O) groups is 1. The average Bonchev–Trinajstić information content (AvgIpc) is 3.17. The second-order valence-electron chi connectivity index (χ2n) is 7.66. The summed E-state index contributed by atoms with van der Waals surface area (Å²) in [5.41, 5.74) is 8.58. The standard InChI is InChI=1S/C20H24N8O/c21-13-3-2-7-27(11-13)17-5-1-4-15(24-17)20-14-9-18(23-10-16(14)25-26-20)28-8-6-22-19(29)12-28/h1,4-5,9-10,13H,2-3,6-8,11-12,21H2,(H,22,29)(H,25,26)/t13-/m0/s1. The summed E-state index contributed by atoms with van der Waals surface area (Å²) >= 11 is 0. The van der Waals surface area contributed by atoms with Crippen LogP contribution in [0.25, 0.3) is 22.3 Å². The number of hydrogen-bond donors (Lipinski definition) is 3. The topological polar surface area (TPSA) is 116 Å². The average molecular weight is 392 g/mol.